The van der Waals surface area contributed by atoms with Crippen LogP contribution in [0.4, 0.5) is 5.69 Å². The number of rotatable bonds is 1. The standard InChI is InChI=1S/C5H7N2O3P/c6-4-2-1-3-7-5(4)11(8,9)10/h1-3H,6H2,(H2,8,9,10). The number of hydrogen-bond acceptors (Lipinski definition) is 3. The molecule has 1 aromatic heterocycles. The molecule has 4 N–H and O–H groups in total. The second-order valence-corrected chi connectivity index (χ2v) is 3.47. The van der Waals surface area contributed by atoms with E-state index in [1.807, 2.05) is 0 Å². The average Bonchev–Trinajstić information content (AvgIpc) is 1.86. The first-order valence-corrected chi connectivity index (χ1v) is 4.39. The van der Waals surface area contributed by atoms with Gasteiger partial charge in [-0.05, 0) is 12.1 Å². The molecule has 0 bridgehead atoms. The molecule has 0 radical (unpaired) electrons. The first-order valence-electron chi connectivity index (χ1n) is 2.78. The van der Waals surface area contributed by atoms with Crippen LogP contribution in [0.1, 0.15) is 0 Å². The van der Waals surface area contributed by atoms with Crippen molar-refractivity contribution in [2.45, 2.75) is 0 Å². The highest BCUT2D eigenvalue weighted by Gasteiger charge is 2.21. The molecule has 1 aromatic rings. The molecule has 1 rings (SSSR count). The topological polar surface area (TPSA) is 96.4 Å². The fourth-order valence-corrected chi connectivity index (χ4v) is 1.28. The van der Waals surface area contributed by atoms with E-state index in [4.69, 9.17) is 15.5 Å². The monoisotopic (exact) mass is 174 g/mol. The Morgan fingerprint density at radius 3 is 2.55 bits per heavy atom. The summed E-state index contributed by atoms with van der Waals surface area (Å²) < 4.78 is 10.6. The second kappa shape index (κ2) is 2.62. The Morgan fingerprint density at radius 2 is 2.18 bits per heavy atom. The van der Waals surface area contributed by atoms with Crippen LogP contribution in [0.5, 0.6) is 0 Å². The van der Waals surface area contributed by atoms with Crippen LogP contribution in [0.25, 0.3) is 0 Å². The van der Waals surface area contributed by atoms with Gasteiger partial charge in [-0.1, -0.05) is 0 Å². The van der Waals surface area contributed by atoms with Gasteiger partial charge in [-0.3, -0.25) is 4.57 Å². The normalized spacial score (nSPS) is 11.5. The minimum absolute atomic E-state index is 0.0147. The Labute approximate surface area is 63.0 Å². The summed E-state index contributed by atoms with van der Waals surface area (Å²) in [6.45, 7) is 0. The van der Waals surface area contributed by atoms with E-state index in [9.17, 15) is 4.57 Å². The third-order valence-corrected chi connectivity index (χ3v) is 2.02. The lowest BCUT2D eigenvalue weighted by Gasteiger charge is -2.03. The molecule has 0 aliphatic heterocycles. The van der Waals surface area contributed by atoms with E-state index in [2.05, 4.69) is 4.98 Å². The molecule has 0 spiro atoms. The Bertz CT molecular complexity index is 308. The third-order valence-electron chi connectivity index (χ3n) is 1.09. The number of hydrogen-bond donors (Lipinski definition) is 3. The summed E-state index contributed by atoms with van der Waals surface area (Å²) in [7, 11) is -4.29. The first kappa shape index (κ1) is 8.20. The fraction of sp³-hybridized carbons (Fsp3) is 0. The maximum Gasteiger partial charge on any atom is 0.376 e. The van der Waals surface area contributed by atoms with Crippen LogP contribution in [0.15, 0.2) is 18.3 Å². The summed E-state index contributed by atoms with van der Waals surface area (Å²) in [6.07, 6.45) is 1.28. The van der Waals surface area contributed by atoms with E-state index in [1.54, 1.807) is 0 Å². The van der Waals surface area contributed by atoms with Crippen molar-refractivity contribution in [1.29, 1.82) is 0 Å². The molecule has 0 aliphatic carbocycles. The predicted octanol–water partition coefficient (Wildman–Crippen LogP) is -0.533. The van der Waals surface area contributed by atoms with Gasteiger partial charge in [0.2, 0.25) is 0 Å². The molecule has 0 saturated carbocycles. The molecule has 0 aromatic carbocycles. The summed E-state index contributed by atoms with van der Waals surface area (Å²) in [5, 5.41) is 0. The van der Waals surface area contributed by atoms with Gasteiger partial charge in [0.15, 0.2) is 5.44 Å². The highest BCUT2D eigenvalue weighted by molar-refractivity contribution is 7.60. The van der Waals surface area contributed by atoms with Crippen molar-refractivity contribution in [2.24, 2.45) is 0 Å². The molecule has 0 fully saturated rings. The van der Waals surface area contributed by atoms with Gasteiger partial charge in [-0.15, -0.1) is 0 Å². The van der Waals surface area contributed by atoms with Gasteiger partial charge in [0.1, 0.15) is 0 Å². The van der Waals surface area contributed by atoms with Crippen LogP contribution in [0.2, 0.25) is 0 Å². The second-order valence-electron chi connectivity index (χ2n) is 1.96. The Hall–Kier alpha value is -0.900. The summed E-state index contributed by atoms with van der Waals surface area (Å²) in [5.74, 6) is 0. The number of anilines is 1. The molecule has 60 valence electrons. The highest BCUT2D eigenvalue weighted by atomic mass is 31.2. The van der Waals surface area contributed by atoms with Crippen molar-refractivity contribution in [3.63, 3.8) is 0 Å². The van der Waals surface area contributed by atoms with Gasteiger partial charge in [0.25, 0.3) is 0 Å². The molecule has 0 atom stereocenters. The Morgan fingerprint density at radius 1 is 1.55 bits per heavy atom. The molecular weight excluding hydrogens is 167 g/mol. The SMILES string of the molecule is Nc1cccnc1P(=O)(O)O. The lowest BCUT2D eigenvalue weighted by molar-refractivity contribution is 0.386. The summed E-state index contributed by atoms with van der Waals surface area (Å²) >= 11 is 0. The molecule has 6 heteroatoms. The van der Waals surface area contributed by atoms with E-state index in [0.717, 1.165) is 0 Å². The first-order chi connectivity index (χ1) is 5.02. The smallest absolute Gasteiger partial charge is 0.376 e. The van der Waals surface area contributed by atoms with Gasteiger partial charge in [0, 0.05) is 6.20 Å². The molecule has 0 saturated heterocycles. The Balaban J connectivity index is 3.25. The van der Waals surface area contributed by atoms with Crippen LogP contribution < -0.4 is 11.2 Å². The molecule has 0 unspecified atom stereocenters. The van der Waals surface area contributed by atoms with Crippen molar-refractivity contribution >= 4 is 18.7 Å². The van der Waals surface area contributed by atoms with E-state index >= 15 is 0 Å². The van der Waals surface area contributed by atoms with Crippen LogP contribution in [0, 0.1) is 0 Å². The highest BCUT2D eigenvalue weighted by Crippen LogP contribution is 2.33. The maximum atomic E-state index is 10.6. The quantitative estimate of drug-likeness (QED) is 0.497. The van der Waals surface area contributed by atoms with Crippen LogP contribution in [-0.4, -0.2) is 14.8 Å². The van der Waals surface area contributed by atoms with Crippen molar-refractivity contribution in [1.82, 2.24) is 4.98 Å². The van der Waals surface area contributed by atoms with Gasteiger partial charge >= 0.3 is 7.60 Å². The van der Waals surface area contributed by atoms with Gasteiger partial charge in [-0.25, -0.2) is 4.98 Å². The predicted molar refractivity (Wildman–Crippen MR) is 40.3 cm³/mol. The fourth-order valence-electron chi connectivity index (χ4n) is 0.653. The number of nitrogens with zero attached hydrogens (tertiary/aromatic N) is 1. The molecular formula is C5H7N2O3P. The van der Waals surface area contributed by atoms with E-state index in [0.29, 0.717) is 0 Å². The molecule has 1 heterocycles. The van der Waals surface area contributed by atoms with E-state index in [1.165, 1.54) is 18.3 Å². The number of nitrogen functional groups attached to an aromatic ring is 1. The van der Waals surface area contributed by atoms with Gasteiger partial charge in [-0.2, -0.15) is 0 Å². The lowest BCUT2D eigenvalue weighted by Crippen LogP contribution is -2.13. The van der Waals surface area contributed by atoms with Gasteiger partial charge < -0.3 is 15.5 Å². The largest absolute Gasteiger partial charge is 0.397 e. The van der Waals surface area contributed by atoms with Gasteiger partial charge in [0.05, 0.1) is 5.69 Å². The van der Waals surface area contributed by atoms with Crippen LogP contribution in [0.3, 0.4) is 0 Å². The zero-order valence-electron chi connectivity index (χ0n) is 5.51. The van der Waals surface area contributed by atoms with Crippen LogP contribution in [-0.2, 0) is 4.57 Å². The summed E-state index contributed by atoms with van der Waals surface area (Å²) in [4.78, 5) is 20.7. The van der Waals surface area contributed by atoms with Crippen molar-refractivity contribution in [2.75, 3.05) is 5.73 Å². The molecule has 0 amide bonds. The minimum atomic E-state index is -4.29. The summed E-state index contributed by atoms with van der Waals surface area (Å²) in [5.41, 5.74) is 4.91. The zero-order chi connectivity index (χ0) is 8.48. The van der Waals surface area contributed by atoms with Crippen molar-refractivity contribution < 1.29 is 14.4 Å². The van der Waals surface area contributed by atoms with E-state index in [-0.39, 0.29) is 11.1 Å². The van der Waals surface area contributed by atoms with Crippen molar-refractivity contribution in [3.8, 4) is 0 Å². The number of pyridine rings is 1. The van der Waals surface area contributed by atoms with E-state index < -0.39 is 7.60 Å². The molecule has 11 heavy (non-hydrogen) atoms. The maximum absolute atomic E-state index is 10.6. The number of aromatic nitrogens is 1. The van der Waals surface area contributed by atoms with Crippen molar-refractivity contribution in [3.05, 3.63) is 18.3 Å². The summed E-state index contributed by atoms with van der Waals surface area (Å²) in [6, 6.07) is 2.90. The molecule has 0 aliphatic rings. The lowest BCUT2D eigenvalue weighted by atomic mass is 10.4. The Kier molecular flexibility index (Phi) is 1.95. The minimum Gasteiger partial charge on any atom is -0.397 e. The molecule has 5 nitrogen and oxygen atoms in total. The number of nitrogens with two attached hydrogens (primary N) is 1. The third kappa shape index (κ3) is 1.77. The zero-order valence-corrected chi connectivity index (χ0v) is 6.40. The average molecular weight is 174 g/mol. The van der Waals surface area contributed by atoms with Crippen LogP contribution >= 0.6 is 7.60 Å².